The van der Waals surface area contributed by atoms with Crippen LogP contribution in [0.15, 0.2) is 78.9 Å². The standard InChI is InChI=1S/C29H23FN6O/c1-19-7-10-23(25(30)15-19)17-35(29(37)27-14-11-22-5-3-4-6-26(22)32-27)18-28-34-33-20(2)36(28)24-12-8-21(16-31)9-13-24/h3-15H,17-18H2,1-2H3. The van der Waals surface area contributed by atoms with Gasteiger partial charge >= 0.3 is 0 Å². The van der Waals surface area contributed by atoms with Crippen LogP contribution in [0.4, 0.5) is 4.39 Å². The summed E-state index contributed by atoms with van der Waals surface area (Å²) in [5.41, 5.74) is 3.44. The molecule has 0 aliphatic rings. The van der Waals surface area contributed by atoms with Gasteiger partial charge < -0.3 is 4.90 Å². The van der Waals surface area contributed by atoms with E-state index in [-0.39, 0.29) is 30.5 Å². The highest BCUT2D eigenvalue weighted by Crippen LogP contribution is 2.21. The number of amides is 1. The fourth-order valence-electron chi connectivity index (χ4n) is 4.23. The maximum Gasteiger partial charge on any atom is 0.273 e. The Hall–Kier alpha value is -4.90. The van der Waals surface area contributed by atoms with E-state index in [4.69, 9.17) is 5.26 Å². The molecular formula is C29H23FN6O. The maximum atomic E-state index is 14.8. The number of benzene rings is 3. The largest absolute Gasteiger partial charge is 0.325 e. The van der Waals surface area contributed by atoms with Crippen molar-refractivity contribution in [3.63, 3.8) is 0 Å². The highest BCUT2D eigenvalue weighted by Gasteiger charge is 2.23. The Morgan fingerprint density at radius 1 is 0.973 bits per heavy atom. The van der Waals surface area contributed by atoms with Gasteiger partial charge in [-0.2, -0.15) is 5.26 Å². The maximum absolute atomic E-state index is 14.8. The van der Waals surface area contributed by atoms with E-state index < -0.39 is 0 Å². The highest BCUT2D eigenvalue weighted by atomic mass is 19.1. The second kappa shape index (κ2) is 9.99. The second-order valence-electron chi connectivity index (χ2n) is 8.80. The van der Waals surface area contributed by atoms with Gasteiger partial charge in [-0.3, -0.25) is 9.36 Å². The molecule has 5 aromatic rings. The summed E-state index contributed by atoms with van der Waals surface area (Å²) in [4.78, 5) is 19.8. The van der Waals surface area contributed by atoms with Crippen molar-refractivity contribution in [2.24, 2.45) is 0 Å². The topological polar surface area (TPSA) is 87.7 Å². The third-order valence-electron chi connectivity index (χ3n) is 6.15. The first-order valence-corrected chi connectivity index (χ1v) is 11.7. The van der Waals surface area contributed by atoms with Crippen molar-refractivity contribution in [2.45, 2.75) is 26.9 Å². The fraction of sp³-hybridized carbons (Fsp3) is 0.138. The minimum Gasteiger partial charge on any atom is -0.325 e. The molecule has 8 heteroatoms. The van der Waals surface area contributed by atoms with E-state index in [1.807, 2.05) is 54.8 Å². The predicted molar refractivity (Wildman–Crippen MR) is 137 cm³/mol. The van der Waals surface area contributed by atoms with E-state index in [0.29, 0.717) is 28.3 Å². The van der Waals surface area contributed by atoms with Crippen LogP contribution in [-0.2, 0) is 13.1 Å². The number of nitriles is 1. The first-order chi connectivity index (χ1) is 17.9. The monoisotopic (exact) mass is 490 g/mol. The molecule has 0 fully saturated rings. The molecule has 0 aliphatic heterocycles. The number of aromatic nitrogens is 4. The number of para-hydroxylation sites is 1. The van der Waals surface area contributed by atoms with Gasteiger partial charge in [-0.25, -0.2) is 9.37 Å². The van der Waals surface area contributed by atoms with Crippen LogP contribution in [0.2, 0.25) is 0 Å². The first kappa shape index (κ1) is 23.8. The Morgan fingerprint density at radius 2 is 1.76 bits per heavy atom. The molecule has 37 heavy (non-hydrogen) atoms. The quantitative estimate of drug-likeness (QED) is 0.323. The highest BCUT2D eigenvalue weighted by molar-refractivity contribution is 5.94. The summed E-state index contributed by atoms with van der Waals surface area (Å²) in [6.45, 7) is 3.73. The molecule has 2 aromatic heterocycles. The van der Waals surface area contributed by atoms with Crippen molar-refractivity contribution in [1.82, 2.24) is 24.6 Å². The van der Waals surface area contributed by atoms with Crippen LogP contribution in [0, 0.1) is 31.0 Å². The van der Waals surface area contributed by atoms with E-state index in [1.54, 1.807) is 36.4 Å². The summed E-state index contributed by atoms with van der Waals surface area (Å²) in [5, 5.41) is 18.6. The molecule has 0 N–H and O–H groups in total. The van der Waals surface area contributed by atoms with Crippen LogP contribution in [0.5, 0.6) is 0 Å². The van der Waals surface area contributed by atoms with Gasteiger partial charge in [-0.1, -0.05) is 36.4 Å². The van der Waals surface area contributed by atoms with Gasteiger partial charge in [-0.15, -0.1) is 10.2 Å². The van der Waals surface area contributed by atoms with E-state index in [9.17, 15) is 9.18 Å². The number of nitrogens with zero attached hydrogens (tertiary/aromatic N) is 6. The Bertz CT molecular complexity index is 1650. The third kappa shape index (κ3) is 4.93. The molecule has 0 atom stereocenters. The number of hydrogen-bond donors (Lipinski definition) is 0. The number of aryl methyl sites for hydroxylation is 2. The van der Waals surface area contributed by atoms with Crippen molar-refractivity contribution in [3.05, 3.63) is 119 Å². The Balaban J connectivity index is 1.54. The fourth-order valence-corrected chi connectivity index (χ4v) is 4.23. The van der Waals surface area contributed by atoms with Crippen LogP contribution in [0.3, 0.4) is 0 Å². The van der Waals surface area contributed by atoms with Crippen LogP contribution in [-0.4, -0.2) is 30.6 Å². The number of carbonyl (C=O) groups excluding carboxylic acids is 1. The van der Waals surface area contributed by atoms with Crippen molar-refractivity contribution in [3.8, 4) is 11.8 Å². The zero-order chi connectivity index (χ0) is 25.9. The molecule has 0 saturated heterocycles. The average Bonchev–Trinajstić information content (AvgIpc) is 3.28. The molecule has 0 unspecified atom stereocenters. The van der Waals surface area contributed by atoms with Crippen molar-refractivity contribution in [1.29, 1.82) is 5.26 Å². The molecule has 3 aromatic carbocycles. The van der Waals surface area contributed by atoms with E-state index in [1.165, 1.54) is 11.0 Å². The zero-order valence-corrected chi connectivity index (χ0v) is 20.4. The SMILES string of the molecule is Cc1ccc(CN(Cc2nnc(C)n2-c2ccc(C#N)cc2)C(=O)c2ccc3ccccc3n2)c(F)c1. The molecule has 0 spiro atoms. The molecule has 182 valence electrons. The number of rotatable bonds is 6. The minimum absolute atomic E-state index is 0.0265. The summed E-state index contributed by atoms with van der Waals surface area (Å²) >= 11 is 0. The summed E-state index contributed by atoms with van der Waals surface area (Å²) in [6, 6.07) is 25.2. The zero-order valence-electron chi connectivity index (χ0n) is 20.4. The molecule has 0 saturated carbocycles. The normalized spacial score (nSPS) is 10.9. The van der Waals surface area contributed by atoms with E-state index >= 15 is 0 Å². The van der Waals surface area contributed by atoms with Gasteiger partial charge in [0.05, 0.1) is 23.7 Å². The lowest BCUT2D eigenvalue weighted by Gasteiger charge is -2.23. The van der Waals surface area contributed by atoms with Crippen molar-refractivity contribution >= 4 is 16.8 Å². The summed E-state index contributed by atoms with van der Waals surface area (Å²) in [6.07, 6.45) is 0. The lowest BCUT2D eigenvalue weighted by Crippen LogP contribution is -2.32. The van der Waals surface area contributed by atoms with Crippen LogP contribution in [0.1, 0.15) is 38.8 Å². The Labute approximate surface area is 213 Å². The Morgan fingerprint density at radius 3 is 2.51 bits per heavy atom. The van der Waals surface area contributed by atoms with Gasteiger partial charge in [0.2, 0.25) is 0 Å². The Kier molecular flexibility index (Phi) is 6.43. The first-order valence-electron chi connectivity index (χ1n) is 11.7. The summed E-state index contributed by atoms with van der Waals surface area (Å²) in [5.74, 6) is 0.396. The number of fused-ring (bicyclic) bond motifs is 1. The minimum atomic E-state index is -0.381. The number of halogens is 1. The molecule has 7 nitrogen and oxygen atoms in total. The molecule has 1 amide bonds. The smallest absolute Gasteiger partial charge is 0.273 e. The van der Waals surface area contributed by atoms with Crippen molar-refractivity contribution in [2.75, 3.05) is 0 Å². The summed E-state index contributed by atoms with van der Waals surface area (Å²) in [7, 11) is 0. The lowest BCUT2D eigenvalue weighted by atomic mass is 10.1. The molecule has 0 radical (unpaired) electrons. The molecule has 5 rings (SSSR count). The van der Waals surface area contributed by atoms with Gasteiger partial charge in [0, 0.05) is 23.2 Å². The molecule has 2 heterocycles. The molecule has 0 aliphatic carbocycles. The van der Waals surface area contributed by atoms with Gasteiger partial charge in [0.25, 0.3) is 5.91 Å². The predicted octanol–water partition coefficient (Wildman–Crippen LogP) is 5.29. The third-order valence-corrected chi connectivity index (χ3v) is 6.15. The van der Waals surface area contributed by atoms with Crippen LogP contribution >= 0.6 is 0 Å². The molecular weight excluding hydrogens is 467 g/mol. The van der Waals surface area contributed by atoms with Gasteiger partial charge in [0.1, 0.15) is 17.3 Å². The number of hydrogen-bond acceptors (Lipinski definition) is 5. The average molecular weight is 491 g/mol. The van der Waals surface area contributed by atoms with Gasteiger partial charge in [-0.05, 0) is 61.9 Å². The summed E-state index contributed by atoms with van der Waals surface area (Å²) < 4.78 is 16.7. The second-order valence-corrected chi connectivity index (χ2v) is 8.80. The lowest BCUT2D eigenvalue weighted by molar-refractivity contribution is 0.0717. The van der Waals surface area contributed by atoms with E-state index in [0.717, 1.165) is 16.6 Å². The van der Waals surface area contributed by atoms with E-state index in [2.05, 4.69) is 21.3 Å². The van der Waals surface area contributed by atoms with Crippen LogP contribution < -0.4 is 0 Å². The number of carbonyl (C=O) groups is 1. The van der Waals surface area contributed by atoms with Gasteiger partial charge in [0.15, 0.2) is 5.82 Å². The van der Waals surface area contributed by atoms with Crippen molar-refractivity contribution < 1.29 is 9.18 Å². The number of pyridine rings is 1. The van der Waals surface area contributed by atoms with Crippen LogP contribution in [0.25, 0.3) is 16.6 Å². The molecule has 0 bridgehead atoms.